The first kappa shape index (κ1) is 14.9. The van der Waals surface area contributed by atoms with Crippen LogP contribution in [0, 0.1) is 6.92 Å². The number of benzene rings is 1. The van der Waals surface area contributed by atoms with Crippen molar-refractivity contribution in [2.24, 2.45) is 0 Å². The van der Waals surface area contributed by atoms with Crippen LogP contribution in [0.15, 0.2) is 17.0 Å². The molecule has 0 aromatic heterocycles. The Morgan fingerprint density at radius 1 is 1.33 bits per heavy atom. The number of carboxylic acid groups (broad SMARTS) is 1. The molecular weight excluding hydrogens is 248 g/mol. The normalized spacial score (nSPS) is 13.4. The molecular formula is C14H20O3S. The summed E-state index contributed by atoms with van der Waals surface area (Å²) in [5, 5.41) is 9.29. The maximum absolute atomic E-state index is 12.0. The topological polar surface area (TPSA) is 54.4 Å². The minimum atomic E-state index is -1.25. The summed E-state index contributed by atoms with van der Waals surface area (Å²) in [5.74, 6) is -0.586. The lowest BCUT2D eigenvalue weighted by Crippen LogP contribution is -2.15. The van der Waals surface area contributed by atoms with Crippen molar-refractivity contribution in [3.8, 4) is 0 Å². The quantitative estimate of drug-likeness (QED) is 0.916. The van der Waals surface area contributed by atoms with E-state index in [4.69, 9.17) is 0 Å². The van der Waals surface area contributed by atoms with Gasteiger partial charge in [0.2, 0.25) is 0 Å². The van der Waals surface area contributed by atoms with Crippen LogP contribution in [0.4, 0.5) is 0 Å². The summed E-state index contributed by atoms with van der Waals surface area (Å²) >= 11 is 0. The molecule has 1 aromatic rings. The van der Waals surface area contributed by atoms with Crippen molar-refractivity contribution in [3.05, 3.63) is 28.8 Å². The smallest absolute Gasteiger partial charge is 0.336 e. The van der Waals surface area contributed by atoms with Gasteiger partial charge in [0, 0.05) is 5.75 Å². The minimum absolute atomic E-state index is 0.124. The molecule has 0 bridgehead atoms. The van der Waals surface area contributed by atoms with Gasteiger partial charge in [-0.05, 0) is 29.5 Å². The third kappa shape index (κ3) is 2.99. The predicted molar refractivity (Wildman–Crippen MR) is 73.8 cm³/mol. The minimum Gasteiger partial charge on any atom is -0.478 e. The maximum Gasteiger partial charge on any atom is 0.336 e. The molecule has 1 unspecified atom stereocenters. The van der Waals surface area contributed by atoms with E-state index in [-0.39, 0.29) is 11.0 Å². The van der Waals surface area contributed by atoms with Crippen molar-refractivity contribution in [1.29, 1.82) is 0 Å². The Morgan fingerprint density at radius 3 is 2.28 bits per heavy atom. The molecule has 0 aliphatic heterocycles. The fourth-order valence-electron chi connectivity index (χ4n) is 1.81. The Labute approximate surface area is 111 Å². The molecule has 0 spiro atoms. The van der Waals surface area contributed by atoms with Crippen molar-refractivity contribution in [2.75, 3.05) is 5.75 Å². The lowest BCUT2D eigenvalue weighted by molar-refractivity contribution is 0.0692. The van der Waals surface area contributed by atoms with Crippen molar-refractivity contribution >= 4 is 16.8 Å². The fraction of sp³-hybridized carbons (Fsp3) is 0.500. The van der Waals surface area contributed by atoms with Crippen LogP contribution >= 0.6 is 0 Å². The van der Waals surface area contributed by atoms with Crippen LogP contribution < -0.4 is 0 Å². The molecule has 0 amide bonds. The van der Waals surface area contributed by atoms with Gasteiger partial charge in [-0.3, -0.25) is 4.21 Å². The van der Waals surface area contributed by atoms with E-state index in [9.17, 15) is 14.1 Å². The molecule has 0 aliphatic carbocycles. The molecule has 18 heavy (non-hydrogen) atoms. The van der Waals surface area contributed by atoms with E-state index in [1.807, 2.05) is 33.8 Å². The molecule has 0 aliphatic rings. The zero-order valence-electron chi connectivity index (χ0n) is 11.5. The second kappa shape index (κ2) is 5.22. The van der Waals surface area contributed by atoms with Crippen LogP contribution in [0.25, 0.3) is 0 Å². The molecule has 0 saturated carbocycles. The molecule has 3 nitrogen and oxygen atoms in total. The van der Waals surface area contributed by atoms with Gasteiger partial charge in [-0.25, -0.2) is 4.79 Å². The first-order valence-corrected chi connectivity index (χ1v) is 7.27. The highest BCUT2D eigenvalue weighted by atomic mass is 32.2. The van der Waals surface area contributed by atoms with Gasteiger partial charge >= 0.3 is 5.97 Å². The summed E-state index contributed by atoms with van der Waals surface area (Å²) in [6.45, 7) is 9.71. The van der Waals surface area contributed by atoms with Crippen LogP contribution in [0.5, 0.6) is 0 Å². The molecule has 0 heterocycles. The van der Waals surface area contributed by atoms with E-state index in [1.165, 1.54) is 0 Å². The largest absolute Gasteiger partial charge is 0.478 e. The summed E-state index contributed by atoms with van der Waals surface area (Å²) in [4.78, 5) is 11.8. The Hall–Kier alpha value is -1.16. The lowest BCUT2D eigenvalue weighted by atomic mass is 9.85. The summed E-state index contributed by atoms with van der Waals surface area (Å²) in [7, 11) is -1.25. The first-order valence-electron chi connectivity index (χ1n) is 5.95. The molecule has 100 valence electrons. The molecule has 0 saturated heterocycles. The highest BCUT2D eigenvalue weighted by Gasteiger charge is 2.22. The third-order valence-electron chi connectivity index (χ3n) is 2.86. The van der Waals surface area contributed by atoms with Gasteiger partial charge in [0.25, 0.3) is 0 Å². The SMILES string of the molecule is CCS(=O)c1c(C)cc(C(C)(C)C)cc1C(=O)O. The monoisotopic (exact) mass is 268 g/mol. The second-order valence-corrected chi connectivity index (χ2v) is 7.04. The van der Waals surface area contributed by atoms with Gasteiger partial charge in [-0.1, -0.05) is 33.8 Å². The highest BCUT2D eigenvalue weighted by molar-refractivity contribution is 7.85. The van der Waals surface area contributed by atoms with Crippen LogP contribution in [0.1, 0.15) is 49.2 Å². The summed E-state index contributed by atoms with van der Waals surface area (Å²) < 4.78 is 12.0. The van der Waals surface area contributed by atoms with Crippen molar-refractivity contribution in [1.82, 2.24) is 0 Å². The third-order valence-corrected chi connectivity index (χ3v) is 4.38. The van der Waals surface area contributed by atoms with E-state index >= 15 is 0 Å². The number of aryl methyl sites for hydroxylation is 1. The van der Waals surface area contributed by atoms with Gasteiger partial charge in [0.1, 0.15) is 0 Å². The molecule has 1 atom stereocenters. The zero-order valence-corrected chi connectivity index (χ0v) is 12.4. The molecule has 4 heteroatoms. The van der Waals surface area contributed by atoms with Gasteiger partial charge in [-0.2, -0.15) is 0 Å². The number of rotatable bonds is 3. The van der Waals surface area contributed by atoms with E-state index in [0.29, 0.717) is 10.6 Å². The van der Waals surface area contributed by atoms with Crippen LogP contribution in [0.3, 0.4) is 0 Å². The van der Waals surface area contributed by atoms with Crippen molar-refractivity contribution in [2.45, 2.75) is 44.9 Å². The highest BCUT2D eigenvalue weighted by Crippen LogP contribution is 2.29. The van der Waals surface area contributed by atoms with Crippen LogP contribution in [-0.4, -0.2) is 21.0 Å². The van der Waals surface area contributed by atoms with Crippen LogP contribution in [0.2, 0.25) is 0 Å². The average Bonchev–Trinajstić information content (AvgIpc) is 2.25. The molecule has 0 fully saturated rings. The van der Waals surface area contributed by atoms with E-state index in [2.05, 4.69) is 0 Å². The number of carbonyl (C=O) groups is 1. The Kier molecular flexibility index (Phi) is 4.32. The Morgan fingerprint density at radius 2 is 1.89 bits per heavy atom. The average molecular weight is 268 g/mol. The zero-order chi connectivity index (χ0) is 14.1. The summed E-state index contributed by atoms with van der Waals surface area (Å²) in [5.41, 5.74) is 1.79. The van der Waals surface area contributed by atoms with Crippen molar-refractivity contribution in [3.63, 3.8) is 0 Å². The number of hydrogen-bond acceptors (Lipinski definition) is 2. The number of carboxylic acids is 1. The first-order chi connectivity index (χ1) is 8.18. The molecule has 1 N–H and O–H groups in total. The van der Waals surface area contributed by atoms with E-state index < -0.39 is 16.8 Å². The van der Waals surface area contributed by atoms with Gasteiger partial charge < -0.3 is 5.11 Å². The number of aromatic carboxylic acids is 1. The Bertz CT molecular complexity index is 498. The maximum atomic E-state index is 12.0. The second-order valence-electron chi connectivity index (χ2n) is 5.36. The van der Waals surface area contributed by atoms with Gasteiger partial charge in [0.05, 0.1) is 21.3 Å². The molecule has 1 rings (SSSR count). The summed E-state index contributed by atoms with van der Waals surface area (Å²) in [6.07, 6.45) is 0. The van der Waals surface area contributed by atoms with E-state index in [0.717, 1.165) is 11.1 Å². The van der Waals surface area contributed by atoms with Crippen LogP contribution in [-0.2, 0) is 16.2 Å². The Balaban J connectivity index is 3.56. The van der Waals surface area contributed by atoms with Gasteiger partial charge in [-0.15, -0.1) is 0 Å². The fourth-order valence-corrected chi connectivity index (χ4v) is 2.91. The lowest BCUT2D eigenvalue weighted by Gasteiger charge is -2.21. The molecule has 1 aromatic carbocycles. The molecule has 0 radical (unpaired) electrons. The standard InChI is InChI=1S/C14H20O3S/c1-6-18(17)12-9(2)7-10(14(3,4)5)8-11(12)13(15)16/h7-8H,6H2,1-5H3,(H,15,16). The van der Waals surface area contributed by atoms with Crippen molar-refractivity contribution < 1.29 is 14.1 Å². The van der Waals surface area contributed by atoms with E-state index in [1.54, 1.807) is 13.0 Å². The summed E-state index contributed by atoms with van der Waals surface area (Å²) in [6, 6.07) is 3.59. The predicted octanol–water partition coefficient (Wildman–Crippen LogP) is 3.12. The van der Waals surface area contributed by atoms with Gasteiger partial charge in [0.15, 0.2) is 0 Å². The number of hydrogen-bond donors (Lipinski definition) is 1.